The summed E-state index contributed by atoms with van der Waals surface area (Å²) in [6.07, 6.45) is 1.59. The second-order valence-electron chi connectivity index (χ2n) is 4.36. The first kappa shape index (κ1) is 13.6. The van der Waals surface area contributed by atoms with Gasteiger partial charge in [-0.05, 0) is 25.0 Å². The Morgan fingerprint density at radius 2 is 2.00 bits per heavy atom. The standard InChI is InChI=1S/C14H17ClN4/c1-9-6-4-5-7-11(9)10(2)18-13-12(15)8-17-14(16-3)19-13/h4-8,10H,1-3H3,(H2,16,17,18,19). The molecule has 0 bridgehead atoms. The molecule has 0 saturated carbocycles. The molecule has 1 unspecified atom stereocenters. The third-order valence-electron chi connectivity index (χ3n) is 2.98. The lowest BCUT2D eigenvalue weighted by Crippen LogP contribution is -2.11. The van der Waals surface area contributed by atoms with Crippen LogP contribution in [-0.2, 0) is 0 Å². The smallest absolute Gasteiger partial charge is 0.224 e. The Hall–Kier alpha value is -1.81. The molecule has 2 N–H and O–H groups in total. The van der Waals surface area contributed by atoms with E-state index in [0.717, 1.165) is 0 Å². The Bertz CT molecular complexity index is 571. The van der Waals surface area contributed by atoms with E-state index in [1.165, 1.54) is 11.1 Å². The molecule has 0 aliphatic rings. The maximum absolute atomic E-state index is 6.11. The van der Waals surface area contributed by atoms with Gasteiger partial charge in [-0.15, -0.1) is 0 Å². The highest BCUT2D eigenvalue weighted by molar-refractivity contribution is 6.32. The molecular formula is C14H17ClN4. The lowest BCUT2D eigenvalue weighted by atomic mass is 10.0. The van der Waals surface area contributed by atoms with Gasteiger partial charge in [0, 0.05) is 7.05 Å². The van der Waals surface area contributed by atoms with Crippen LogP contribution in [0.1, 0.15) is 24.1 Å². The van der Waals surface area contributed by atoms with Crippen molar-refractivity contribution in [3.63, 3.8) is 0 Å². The van der Waals surface area contributed by atoms with Crippen LogP contribution in [-0.4, -0.2) is 17.0 Å². The summed E-state index contributed by atoms with van der Waals surface area (Å²) in [7, 11) is 1.78. The Labute approximate surface area is 118 Å². The zero-order valence-corrected chi connectivity index (χ0v) is 12.0. The number of rotatable bonds is 4. The van der Waals surface area contributed by atoms with Crippen molar-refractivity contribution in [1.29, 1.82) is 0 Å². The molecular weight excluding hydrogens is 260 g/mol. The third kappa shape index (κ3) is 3.15. The number of aromatic nitrogens is 2. The topological polar surface area (TPSA) is 49.8 Å². The fourth-order valence-electron chi connectivity index (χ4n) is 1.94. The Morgan fingerprint density at radius 3 is 2.68 bits per heavy atom. The summed E-state index contributed by atoms with van der Waals surface area (Å²) in [4.78, 5) is 8.38. The molecule has 0 fully saturated rings. The maximum Gasteiger partial charge on any atom is 0.224 e. The van der Waals surface area contributed by atoms with Gasteiger partial charge in [-0.2, -0.15) is 4.98 Å². The first-order valence-electron chi connectivity index (χ1n) is 6.14. The van der Waals surface area contributed by atoms with Crippen molar-refractivity contribution >= 4 is 23.4 Å². The van der Waals surface area contributed by atoms with Gasteiger partial charge in [-0.25, -0.2) is 4.98 Å². The lowest BCUT2D eigenvalue weighted by molar-refractivity contribution is 0.863. The predicted octanol–water partition coefficient (Wildman–Crippen LogP) is 3.65. The normalized spacial score (nSPS) is 12.0. The summed E-state index contributed by atoms with van der Waals surface area (Å²) in [5.41, 5.74) is 2.46. The number of benzene rings is 1. The van der Waals surface area contributed by atoms with Gasteiger partial charge in [-0.3, -0.25) is 0 Å². The van der Waals surface area contributed by atoms with E-state index in [2.05, 4.69) is 46.6 Å². The van der Waals surface area contributed by atoms with Crippen molar-refractivity contribution in [2.45, 2.75) is 19.9 Å². The minimum Gasteiger partial charge on any atom is -0.362 e. The van der Waals surface area contributed by atoms with E-state index < -0.39 is 0 Å². The van der Waals surface area contributed by atoms with Gasteiger partial charge < -0.3 is 10.6 Å². The number of anilines is 2. The van der Waals surface area contributed by atoms with Gasteiger partial charge in [0.25, 0.3) is 0 Å². The molecule has 4 nitrogen and oxygen atoms in total. The maximum atomic E-state index is 6.11. The highest BCUT2D eigenvalue weighted by Crippen LogP contribution is 2.25. The van der Waals surface area contributed by atoms with Gasteiger partial charge in [0.05, 0.1) is 12.2 Å². The number of nitrogens with zero attached hydrogens (tertiary/aromatic N) is 2. The quantitative estimate of drug-likeness (QED) is 0.895. The van der Waals surface area contributed by atoms with Crippen LogP contribution < -0.4 is 10.6 Å². The summed E-state index contributed by atoms with van der Waals surface area (Å²) in [5.74, 6) is 1.18. The Morgan fingerprint density at radius 1 is 1.26 bits per heavy atom. The van der Waals surface area contributed by atoms with Crippen LogP contribution in [0.2, 0.25) is 5.02 Å². The molecule has 2 aromatic rings. The molecule has 1 heterocycles. The van der Waals surface area contributed by atoms with Gasteiger partial charge >= 0.3 is 0 Å². The summed E-state index contributed by atoms with van der Waals surface area (Å²) in [5, 5.41) is 6.73. The van der Waals surface area contributed by atoms with E-state index in [1.54, 1.807) is 13.2 Å². The molecule has 1 atom stereocenters. The summed E-state index contributed by atoms with van der Waals surface area (Å²) < 4.78 is 0. The minimum atomic E-state index is 0.123. The van der Waals surface area contributed by atoms with Crippen molar-refractivity contribution in [1.82, 2.24) is 9.97 Å². The Balaban J connectivity index is 2.24. The second-order valence-corrected chi connectivity index (χ2v) is 4.77. The molecule has 0 amide bonds. The lowest BCUT2D eigenvalue weighted by Gasteiger charge is -2.18. The van der Waals surface area contributed by atoms with E-state index >= 15 is 0 Å². The zero-order chi connectivity index (χ0) is 13.8. The van der Waals surface area contributed by atoms with Gasteiger partial charge in [0.2, 0.25) is 5.95 Å². The summed E-state index contributed by atoms with van der Waals surface area (Å²) >= 11 is 6.11. The fourth-order valence-corrected chi connectivity index (χ4v) is 2.09. The fraction of sp³-hybridized carbons (Fsp3) is 0.286. The number of hydrogen-bond donors (Lipinski definition) is 2. The van der Waals surface area contributed by atoms with Crippen LogP contribution in [0.5, 0.6) is 0 Å². The molecule has 0 aliphatic heterocycles. The van der Waals surface area contributed by atoms with E-state index in [4.69, 9.17) is 11.6 Å². The van der Waals surface area contributed by atoms with Crippen molar-refractivity contribution in [2.75, 3.05) is 17.7 Å². The van der Waals surface area contributed by atoms with E-state index in [9.17, 15) is 0 Å². The molecule has 100 valence electrons. The molecule has 19 heavy (non-hydrogen) atoms. The molecule has 1 aromatic carbocycles. The average Bonchev–Trinajstić information content (AvgIpc) is 2.41. The number of aryl methyl sites for hydroxylation is 1. The van der Waals surface area contributed by atoms with Crippen LogP contribution in [0.4, 0.5) is 11.8 Å². The molecule has 0 saturated heterocycles. The van der Waals surface area contributed by atoms with Crippen molar-refractivity contribution < 1.29 is 0 Å². The average molecular weight is 277 g/mol. The zero-order valence-electron chi connectivity index (χ0n) is 11.2. The number of nitrogens with one attached hydrogen (secondary N) is 2. The second kappa shape index (κ2) is 5.89. The van der Waals surface area contributed by atoms with Crippen LogP contribution >= 0.6 is 11.6 Å². The SMILES string of the molecule is CNc1ncc(Cl)c(NC(C)c2ccccc2C)n1. The summed E-state index contributed by atoms with van der Waals surface area (Å²) in [6.45, 7) is 4.17. The van der Waals surface area contributed by atoms with Gasteiger partial charge in [0.1, 0.15) is 5.02 Å². The molecule has 2 rings (SSSR count). The molecule has 0 aliphatic carbocycles. The molecule has 0 radical (unpaired) electrons. The third-order valence-corrected chi connectivity index (χ3v) is 3.25. The van der Waals surface area contributed by atoms with Crippen LogP contribution in [0.3, 0.4) is 0 Å². The van der Waals surface area contributed by atoms with E-state index in [1.807, 2.05) is 12.1 Å². The first-order valence-corrected chi connectivity index (χ1v) is 6.52. The molecule has 1 aromatic heterocycles. The number of halogens is 1. The predicted molar refractivity (Wildman–Crippen MR) is 79.8 cm³/mol. The molecule has 5 heteroatoms. The van der Waals surface area contributed by atoms with Crippen LogP contribution in [0.25, 0.3) is 0 Å². The van der Waals surface area contributed by atoms with Crippen molar-refractivity contribution in [3.8, 4) is 0 Å². The minimum absolute atomic E-state index is 0.123. The Kier molecular flexibility index (Phi) is 4.22. The van der Waals surface area contributed by atoms with Gasteiger partial charge in [-0.1, -0.05) is 35.9 Å². The van der Waals surface area contributed by atoms with E-state index in [-0.39, 0.29) is 6.04 Å². The van der Waals surface area contributed by atoms with Crippen LogP contribution in [0, 0.1) is 6.92 Å². The largest absolute Gasteiger partial charge is 0.362 e. The van der Waals surface area contributed by atoms with Crippen molar-refractivity contribution in [3.05, 3.63) is 46.6 Å². The van der Waals surface area contributed by atoms with Gasteiger partial charge in [0.15, 0.2) is 5.82 Å². The monoisotopic (exact) mass is 276 g/mol. The number of hydrogen-bond acceptors (Lipinski definition) is 4. The summed E-state index contributed by atoms with van der Waals surface area (Å²) in [6, 6.07) is 8.37. The highest BCUT2D eigenvalue weighted by atomic mass is 35.5. The van der Waals surface area contributed by atoms with Crippen molar-refractivity contribution in [2.24, 2.45) is 0 Å². The first-order chi connectivity index (χ1) is 9.11. The van der Waals surface area contributed by atoms with Crippen LogP contribution in [0.15, 0.2) is 30.5 Å². The highest BCUT2D eigenvalue weighted by Gasteiger charge is 2.11. The molecule has 0 spiro atoms. The van der Waals surface area contributed by atoms with E-state index in [0.29, 0.717) is 16.8 Å².